The third kappa shape index (κ3) is 5.92. The molecule has 6 heteroatoms. The van der Waals surface area contributed by atoms with E-state index in [1.54, 1.807) is 5.48 Å². The normalized spacial score (nSPS) is 12.3. The Balaban J connectivity index is 3.76. The van der Waals surface area contributed by atoms with E-state index in [9.17, 15) is 9.59 Å². The first-order valence-corrected chi connectivity index (χ1v) is 3.95. The monoisotopic (exact) mass is 189 g/mol. The number of primary amides is 1. The molecule has 0 aromatic carbocycles. The number of amides is 2. The summed E-state index contributed by atoms with van der Waals surface area (Å²) in [6.07, 6.45) is 0.499. The largest absolute Gasteiger partial charge is 0.349 e. The van der Waals surface area contributed by atoms with Crippen LogP contribution in [-0.2, 0) is 9.63 Å². The number of hydrogen-bond donors (Lipinski definition) is 3. The van der Waals surface area contributed by atoms with Gasteiger partial charge in [-0.05, 0) is 12.3 Å². The van der Waals surface area contributed by atoms with E-state index in [2.05, 4.69) is 10.6 Å². The molecular weight excluding hydrogens is 174 g/mol. The van der Waals surface area contributed by atoms with Gasteiger partial charge in [-0.15, -0.1) is 0 Å². The Bertz CT molecular complexity index is 193. The SMILES string of the molecule is CC(C)C[C@H](N)C(=O)ONC(N)=O. The molecule has 0 rings (SSSR count). The van der Waals surface area contributed by atoms with Crippen molar-refractivity contribution in [1.82, 2.24) is 5.48 Å². The topological polar surface area (TPSA) is 107 Å². The van der Waals surface area contributed by atoms with Gasteiger partial charge in [0.15, 0.2) is 0 Å². The van der Waals surface area contributed by atoms with E-state index >= 15 is 0 Å². The fourth-order valence-corrected chi connectivity index (χ4v) is 0.780. The second-order valence-electron chi connectivity index (χ2n) is 3.12. The highest BCUT2D eigenvalue weighted by Crippen LogP contribution is 2.03. The van der Waals surface area contributed by atoms with Crippen LogP contribution in [0.4, 0.5) is 4.79 Å². The Hall–Kier alpha value is -1.30. The molecule has 0 aliphatic rings. The molecule has 0 aromatic heterocycles. The molecule has 0 fully saturated rings. The van der Waals surface area contributed by atoms with Gasteiger partial charge >= 0.3 is 12.0 Å². The summed E-state index contributed by atoms with van der Waals surface area (Å²) in [5.74, 6) is -0.399. The van der Waals surface area contributed by atoms with Crippen molar-refractivity contribution >= 4 is 12.0 Å². The van der Waals surface area contributed by atoms with E-state index < -0.39 is 18.0 Å². The predicted molar refractivity (Wildman–Crippen MR) is 46.2 cm³/mol. The van der Waals surface area contributed by atoms with Crippen LogP contribution < -0.4 is 16.9 Å². The van der Waals surface area contributed by atoms with Crippen LogP contribution in [-0.4, -0.2) is 18.0 Å². The van der Waals surface area contributed by atoms with Gasteiger partial charge in [0.25, 0.3) is 0 Å². The van der Waals surface area contributed by atoms with Gasteiger partial charge in [0.05, 0.1) is 0 Å². The van der Waals surface area contributed by atoms with Crippen LogP contribution in [0.1, 0.15) is 20.3 Å². The maximum atomic E-state index is 11.0. The lowest BCUT2D eigenvalue weighted by Gasteiger charge is -2.11. The average molecular weight is 189 g/mol. The van der Waals surface area contributed by atoms with E-state index in [0.29, 0.717) is 6.42 Å². The summed E-state index contributed by atoms with van der Waals surface area (Å²) in [5, 5.41) is 0. The summed E-state index contributed by atoms with van der Waals surface area (Å²) in [6, 6.07) is -1.66. The molecule has 0 saturated heterocycles. The molecular formula is C7H15N3O3. The number of rotatable bonds is 3. The molecule has 76 valence electrons. The smallest absolute Gasteiger partial charge is 0.348 e. The van der Waals surface area contributed by atoms with Crippen molar-refractivity contribution in [3.63, 3.8) is 0 Å². The molecule has 0 saturated carbocycles. The van der Waals surface area contributed by atoms with Gasteiger partial charge in [0, 0.05) is 0 Å². The zero-order valence-electron chi connectivity index (χ0n) is 7.74. The highest BCUT2D eigenvalue weighted by molar-refractivity contribution is 5.78. The van der Waals surface area contributed by atoms with Crippen molar-refractivity contribution in [3.8, 4) is 0 Å². The minimum absolute atomic E-state index is 0.288. The maximum Gasteiger partial charge on any atom is 0.348 e. The maximum absolute atomic E-state index is 11.0. The minimum Gasteiger partial charge on any atom is -0.349 e. The van der Waals surface area contributed by atoms with Gasteiger partial charge in [-0.2, -0.15) is 5.48 Å². The van der Waals surface area contributed by atoms with Gasteiger partial charge < -0.3 is 16.3 Å². The second kappa shape index (κ2) is 5.36. The number of nitrogens with two attached hydrogens (primary N) is 2. The van der Waals surface area contributed by atoms with E-state index in [1.165, 1.54) is 0 Å². The third-order valence-electron chi connectivity index (χ3n) is 1.28. The predicted octanol–water partition coefficient (Wildman–Crippen LogP) is -0.514. The summed E-state index contributed by atoms with van der Waals surface area (Å²) in [6.45, 7) is 3.85. The zero-order valence-corrected chi connectivity index (χ0v) is 7.74. The minimum atomic E-state index is -0.926. The van der Waals surface area contributed by atoms with Gasteiger partial charge in [0.1, 0.15) is 6.04 Å². The second-order valence-corrected chi connectivity index (χ2v) is 3.12. The fraction of sp³-hybridized carbons (Fsp3) is 0.714. The van der Waals surface area contributed by atoms with E-state index in [1.807, 2.05) is 13.8 Å². The van der Waals surface area contributed by atoms with Crippen LogP contribution in [0.2, 0.25) is 0 Å². The average Bonchev–Trinajstić information content (AvgIpc) is 1.98. The van der Waals surface area contributed by atoms with Crippen LogP contribution in [0.15, 0.2) is 0 Å². The molecule has 13 heavy (non-hydrogen) atoms. The lowest BCUT2D eigenvalue weighted by Crippen LogP contribution is -2.40. The van der Waals surface area contributed by atoms with E-state index in [0.717, 1.165) is 0 Å². The molecule has 0 aromatic rings. The zero-order chi connectivity index (χ0) is 10.4. The van der Waals surface area contributed by atoms with Gasteiger partial charge in [-0.1, -0.05) is 13.8 Å². The molecule has 0 unspecified atom stereocenters. The van der Waals surface area contributed by atoms with Crippen LogP contribution >= 0.6 is 0 Å². The first-order valence-electron chi connectivity index (χ1n) is 3.95. The lowest BCUT2D eigenvalue weighted by atomic mass is 10.1. The standard InChI is InChI=1S/C7H15N3O3/c1-4(2)3-5(8)6(11)13-10-7(9)12/h4-5H,3,8H2,1-2H3,(H3,9,10,12)/t5-/m0/s1. The summed E-state index contributed by atoms with van der Waals surface area (Å²) >= 11 is 0. The highest BCUT2D eigenvalue weighted by atomic mass is 16.7. The Kier molecular flexibility index (Phi) is 4.83. The number of hydrogen-bond acceptors (Lipinski definition) is 4. The molecule has 1 atom stereocenters. The van der Waals surface area contributed by atoms with E-state index in [-0.39, 0.29) is 5.92 Å². The first-order chi connectivity index (χ1) is 5.93. The molecule has 0 radical (unpaired) electrons. The fourth-order valence-electron chi connectivity index (χ4n) is 0.780. The molecule has 5 N–H and O–H groups in total. The van der Waals surface area contributed by atoms with Gasteiger partial charge in [-0.3, -0.25) is 0 Å². The summed E-state index contributed by atoms with van der Waals surface area (Å²) in [4.78, 5) is 25.4. The number of hydroxylamine groups is 1. The van der Waals surface area contributed by atoms with E-state index in [4.69, 9.17) is 5.73 Å². The van der Waals surface area contributed by atoms with Crippen LogP contribution in [0, 0.1) is 5.92 Å². The van der Waals surface area contributed by atoms with Crippen molar-refractivity contribution < 1.29 is 14.4 Å². The Labute approximate surface area is 76.5 Å². The van der Waals surface area contributed by atoms with Crippen LogP contribution in [0.5, 0.6) is 0 Å². The number of carbonyl (C=O) groups excluding carboxylic acids is 2. The van der Waals surface area contributed by atoms with Crippen molar-refractivity contribution in [1.29, 1.82) is 0 Å². The molecule has 6 nitrogen and oxygen atoms in total. The quantitative estimate of drug-likeness (QED) is 0.519. The number of urea groups is 1. The van der Waals surface area contributed by atoms with Crippen molar-refractivity contribution in [2.75, 3.05) is 0 Å². The molecule has 2 amide bonds. The van der Waals surface area contributed by atoms with Crippen LogP contribution in [0.25, 0.3) is 0 Å². The summed E-state index contributed by atoms with van der Waals surface area (Å²) < 4.78 is 0. The van der Waals surface area contributed by atoms with Crippen molar-refractivity contribution in [3.05, 3.63) is 0 Å². The third-order valence-corrected chi connectivity index (χ3v) is 1.28. The van der Waals surface area contributed by atoms with Gasteiger partial charge in [0.2, 0.25) is 0 Å². The Morgan fingerprint density at radius 3 is 2.38 bits per heavy atom. The van der Waals surface area contributed by atoms with Crippen molar-refractivity contribution in [2.45, 2.75) is 26.3 Å². The molecule has 0 aliphatic carbocycles. The number of nitrogens with one attached hydrogen (secondary N) is 1. The molecule has 0 spiro atoms. The van der Waals surface area contributed by atoms with Crippen LogP contribution in [0.3, 0.4) is 0 Å². The summed E-state index contributed by atoms with van der Waals surface area (Å²) in [5.41, 5.74) is 11.8. The molecule has 0 bridgehead atoms. The van der Waals surface area contributed by atoms with Crippen molar-refractivity contribution in [2.24, 2.45) is 17.4 Å². The first kappa shape index (κ1) is 11.7. The molecule has 0 heterocycles. The summed E-state index contributed by atoms with van der Waals surface area (Å²) in [7, 11) is 0. The molecule has 0 aliphatic heterocycles. The highest BCUT2D eigenvalue weighted by Gasteiger charge is 2.17. The Morgan fingerprint density at radius 1 is 1.46 bits per heavy atom. The van der Waals surface area contributed by atoms with Gasteiger partial charge in [-0.25, -0.2) is 9.59 Å². The lowest BCUT2D eigenvalue weighted by molar-refractivity contribution is -0.150. The Morgan fingerprint density at radius 2 is 2.00 bits per heavy atom. The number of carbonyl (C=O) groups is 2.